The molecule has 0 atom stereocenters. The van der Waals surface area contributed by atoms with Crippen molar-refractivity contribution < 1.29 is 28.6 Å². The lowest BCUT2D eigenvalue weighted by molar-refractivity contribution is -0.144. The number of amides is 1. The number of benzene rings is 1. The number of hydrogen-bond acceptors (Lipinski definition) is 7. The van der Waals surface area contributed by atoms with Crippen molar-refractivity contribution in [3.8, 4) is 11.5 Å². The number of thiophene rings is 1. The average molecular weight is 391 g/mol. The molecule has 1 aromatic heterocycles. The molecule has 0 fully saturated rings. The van der Waals surface area contributed by atoms with Crippen molar-refractivity contribution in [2.45, 2.75) is 20.4 Å². The molecule has 0 saturated carbocycles. The SMILES string of the molecule is CCOc1ccc(OCC(=O)OCC(=O)c2ccc(CNC(C)=O)s2)cc1. The molecular weight excluding hydrogens is 370 g/mol. The highest BCUT2D eigenvalue weighted by atomic mass is 32.1. The van der Waals surface area contributed by atoms with Crippen molar-refractivity contribution in [2.24, 2.45) is 0 Å². The average Bonchev–Trinajstić information content (AvgIpc) is 3.13. The van der Waals surface area contributed by atoms with Gasteiger partial charge in [-0.2, -0.15) is 0 Å². The van der Waals surface area contributed by atoms with Crippen LogP contribution in [0.3, 0.4) is 0 Å². The topological polar surface area (TPSA) is 90.9 Å². The van der Waals surface area contributed by atoms with E-state index in [2.05, 4.69) is 5.32 Å². The van der Waals surface area contributed by atoms with Crippen molar-refractivity contribution in [2.75, 3.05) is 19.8 Å². The minimum atomic E-state index is -0.632. The Bertz CT molecular complexity index is 784. The van der Waals surface area contributed by atoms with Gasteiger partial charge in [0, 0.05) is 11.8 Å². The van der Waals surface area contributed by atoms with Gasteiger partial charge in [0.15, 0.2) is 13.2 Å². The Kier molecular flexibility index (Phi) is 7.81. The van der Waals surface area contributed by atoms with Gasteiger partial charge in [0.25, 0.3) is 0 Å². The summed E-state index contributed by atoms with van der Waals surface area (Å²) in [6.45, 7) is 3.60. The quantitative estimate of drug-likeness (QED) is 0.494. The highest BCUT2D eigenvalue weighted by molar-refractivity contribution is 7.14. The van der Waals surface area contributed by atoms with Gasteiger partial charge in [-0.25, -0.2) is 4.79 Å². The number of Topliss-reactive ketones (excluding diaryl/α,β-unsaturated/α-hetero) is 1. The number of rotatable bonds is 10. The fourth-order valence-corrected chi connectivity index (χ4v) is 2.91. The number of esters is 1. The normalized spacial score (nSPS) is 10.1. The summed E-state index contributed by atoms with van der Waals surface area (Å²) in [6.07, 6.45) is 0. The van der Waals surface area contributed by atoms with E-state index >= 15 is 0 Å². The van der Waals surface area contributed by atoms with Crippen molar-refractivity contribution in [3.63, 3.8) is 0 Å². The molecule has 27 heavy (non-hydrogen) atoms. The predicted octanol–water partition coefficient (Wildman–Crippen LogP) is 2.59. The van der Waals surface area contributed by atoms with E-state index in [9.17, 15) is 14.4 Å². The summed E-state index contributed by atoms with van der Waals surface area (Å²) in [5, 5.41) is 2.66. The molecule has 144 valence electrons. The first kappa shape index (κ1) is 20.4. The third kappa shape index (κ3) is 7.10. The van der Waals surface area contributed by atoms with Crippen molar-refractivity contribution >= 4 is 29.0 Å². The summed E-state index contributed by atoms with van der Waals surface area (Å²) in [7, 11) is 0. The van der Waals surface area contributed by atoms with Crippen LogP contribution in [0.4, 0.5) is 0 Å². The minimum absolute atomic E-state index is 0.141. The highest BCUT2D eigenvalue weighted by Gasteiger charge is 2.13. The van der Waals surface area contributed by atoms with Crippen LogP contribution in [0, 0.1) is 0 Å². The number of hydrogen-bond donors (Lipinski definition) is 1. The first-order valence-electron chi connectivity index (χ1n) is 8.35. The predicted molar refractivity (Wildman–Crippen MR) is 100 cm³/mol. The fourth-order valence-electron chi connectivity index (χ4n) is 2.03. The van der Waals surface area contributed by atoms with Crippen LogP contribution in [-0.4, -0.2) is 37.5 Å². The molecule has 1 N–H and O–H groups in total. The van der Waals surface area contributed by atoms with E-state index in [0.717, 1.165) is 4.88 Å². The Balaban J connectivity index is 1.73. The zero-order chi connectivity index (χ0) is 19.6. The molecule has 0 aliphatic rings. The monoisotopic (exact) mass is 391 g/mol. The van der Waals surface area contributed by atoms with E-state index in [1.54, 1.807) is 36.4 Å². The molecule has 0 radical (unpaired) electrons. The molecule has 0 aliphatic heterocycles. The Morgan fingerprint density at radius 3 is 2.26 bits per heavy atom. The number of nitrogens with one attached hydrogen (secondary N) is 1. The van der Waals surface area contributed by atoms with Gasteiger partial charge in [-0.15, -0.1) is 11.3 Å². The Morgan fingerprint density at radius 1 is 0.963 bits per heavy atom. The van der Waals surface area contributed by atoms with Crippen LogP contribution in [-0.2, 0) is 20.9 Å². The van der Waals surface area contributed by atoms with E-state index in [0.29, 0.717) is 29.5 Å². The minimum Gasteiger partial charge on any atom is -0.494 e. The molecule has 7 nitrogen and oxygen atoms in total. The second kappa shape index (κ2) is 10.3. The summed E-state index contributed by atoms with van der Waals surface area (Å²) in [4.78, 5) is 36.0. The zero-order valence-corrected chi connectivity index (χ0v) is 16.0. The largest absolute Gasteiger partial charge is 0.494 e. The third-order valence-electron chi connectivity index (χ3n) is 3.30. The molecular formula is C19H21NO6S. The van der Waals surface area contributed by atoms with Gasteiger partial charge < -0.3 is 19.5 Å². The van der Waals surface area contributed by atoms with E-state index in [-0.39, 0.29) is 24.9 Å². The van der Waals surface area contributed by atoms with Gasteiger partial charge in [0.05, 0.1) is 18.0 Å². The van der Waals surface area contributed by atoms with Gasteiger partial charge in [-0.05, 0) is 43.3 Å². The summed E-state index contributed by atoms with van der Waals surface area (Å²) in [5.74, 6) is 0.142. The summed E-state index contributed by atoms with van der Waals surface area (Å²) >= 11 is 1.25. The van der Waals surface area contributed by atoms with Gasteiger partial charge in [-0.3, -0.25) is 9.59 Å². The van der Waals surface area contributed by atoms with Crippen LogP contribution >= 0.6 is 11.3 Å². The summed E-state index contributed by atoms with van der Waals surface area (Å²) < 4.78 is 15.6. The van der Waals surface area contributed by atoms with E-state index in [1.807, 2.05) is 6.92 Å². The molecule has 2 aromatic rings. The van der Waals surface area contributed by atoms with E-state index in [1.165, 1.54) is 18.3 Å². The van der Waals surface area contributed by atoms with Gasteiger partial charge >= 0.3 is 5.97 Å². The first-order chi connectivity index (χ1) is 13.0. The fraction of sp³-hybridized carbons (Fsp3) is 0.316. The molecule has 0 spiro atoms. The summed E-state index contributed by atoms with van der Waals surface area (Å²) in [5.41, 5.74) is 0. The number of carbonyl (C=O) groups excluding carboxylic acids is 3. The summed E-state index contributed by atoms with van der Waals surface area (Å²) in [6, 6.07) is 10.3. The third-order valence-corrected chi connectivity index (χ3v) is 4.43. The lowest BCUT2D eigenvalue weighted by atomic mass is 10.3. The highest BCUT2D eigenvalue weighted by Crippen LogP contribution is 2.18. The maximum absolute atomic E-state index is 12.1. The molecule has 0 aliphatic carbocycles. The lowest BCUT2D eigenvalue weighted by Crippen LogP contribution is -2.19. The first-order valence-corrected chi connectivity index (χ1v) is 9.17. The van der Waals surface area contributed by atoms with Gasteiger partial charge in [0.1, 0.15) is 11.5 Å². The molecule has 0 unspecified atom stereocenters. The van der Waals surface area contributed by atoms with Crippen molar-refractivity contribution in [1.82, 2.24) is 5.32 Å². The van der Waals surface area contributed by atoms with Crippen LogP contribution in [0.1, 0.15) is 28.4 Å². The standard InChI is InChI=1S/C19H21NO6S/c1-3-24-14-4-6-15(7-5-14)25-12-19(23)26-11-17(22)18-9-8-16(27-18)10-20-13(2)21/h4-9H,3,10-12H2,1-2H3,(H,20,21). The smallest absolute Gasteiger partial charge is 0.344 e. The van der Waals surface area contributed by atoms with Crippen LogP contribution in [0.2, 0.25) is 0 Å². The van der Waals surface area contributed by atoms with E-state index in [4.69, 9.17) is 14.2 Å². The number of ketones is 1. The second-order valence-corrected chi connectivity index (χ2v) is 6.62. The zero-order valence-electron chi connectivity index (χ0n) is 15.2. The second-order valence-electron chi connectivity index (χ2n) is 5.45. The lowest BCUT2D eigenvalue weighted by Gasteiger charge is -2.07. The van der Waals surface area contributed by atoms with E-state index < -0.39 is 5.97 Å². The Hall–Kier alpha value is -2.87. The van der Waals surface area contributed by atoms with Crippen LogP contribution in [0.5, 0.6) is 11.5 Å². The number of ether oxygens (including phenoxy) is 3. The molecule has 1 heterocycles. The number of carbonyl (C=O) groups is 3. The molecule has 2 rings (SSSR count). The Labute approximate surface area is 161 Å². The van der Waals surface area contributed by atoms with Gasteiger partial charge in [0.2, 0.25) is 11.7 Å². The molecule has 1 amide bonds. The Morgan fingerprint density at radius 2 is 1.63 bits per heavy atom. The molecule has 0 bridgehead atoms. The molecule has 0 saturated heterocycles. The maximum Gasteiger partial charge on any atom is 0.344 e. The molecule has 1 aromatic carbocycles. The van der Waals surface area contributed by atoms with Gasteiger partial charge in [-0.1, -0.05) is 0 Å². The van der Waals surface area contributed by atoms with Crippen LogP contribution in [0.25, 0.3) is 0 Å². The molecule has 8 heteroatoms. The van der Waals surface area contributed by atoms with Crippen LogP contribution in [0.15, 0.2) is 36.4 Å². The maximum atomic E-state index is 12.1. The van der Waals surface area contributed by atoms with Crippen molar-refractivity contribution in [3.05, 3.63) is 46.2 Å². The van der Waals surface area contributed by atoms with Crippen LogP contribution < -0.4 is 14.8 Å². The van der Waals surface area contributed by atoms with Crippen molar-refractivity contribution in [1.29, 1.82) is 0 Å².